The zero-order valence-electron chi connectivity index (χ0n) is 9.52. The number of rotatable bonds is 4. The van der Waals surface area contributed by atoms with E-state index in [4.69, 9.17) is 4.42 Å². The van der Waals surface area contributed by atoms with Gasteiger partial charge in [0, 0.05) is 5.69 Å². The molecule has 0 radical (unpaired) electrons. The van der Waals surface area contributed by atoms with Crippen molar-refractivity contribution in [2.24, 2.45) is 0 Å². The molecule has 0 amide bonds. The summed E-state index contributed by atoms with van der Waals surface area (Å²) in [6.45, 7) is 0.645. The summed E-state index contributed by atoms with van der Waals surface area (Å²) in [6.07, 6.45) is 3.22. The Balaban J connectivity index is 1.75. The number of hydrogen-bond donors (Lipinski definition) is 1. The average Bonchev–Trinajstić information content (AvgIpc) is 3.10. The highest BCUT2D eigenvalue weighted by atomic mass is 16.3. The van der Waals surface area contributed by atoms with Crippen molar-refractivity contribution in [2.75, 3.05) is 5.32 Å². The molecule has 0 fully saturated rings. The number of hydrogen-bond acceptors (Lipinski definition) is 5. The Morgan fingerprint density at radius 1 is 1.22 bits per heavy atom. The lowest BCUT2D eigenvalue weighted by Gasteiger charge is -2.06. The molecule has 0 aliphatic carbocycles. The lowest BCUT2D eigenvalue weighted by atomic mass is 10.2. The van der Waals surface area contributed by atoms with E-state index in [0.29, 0.717) is 6.54 Å². The van der Waals surface area contributed by atoms with Crippen LogP contribution < -0.4 is 5.32 Å². The minimum absolute atomic E-state index is 0.645. The van der Waals surface area contributed by atoms with Crippen molar-refractivity contribution < 1.29 is 4.42 Å². The first-order chi connectivity index (χ1) is 8.92. The van der Waals surface area contributed by atoms with E-state index in [0.717, 1.165) is 17.1 Å². The standard InChI is InChI=1S/C12H11N5O/c1-3-10(13-8-12-5-2-6-18-12)7-11(4-1)17-9-14-15-16-17/h1-7,9,13H,8H2. The maximum atomic E-state index is 5.26. The Kier molecular flexibility index (Phi) is 2.75. The van der Waals surface area contributed by atoms with Gasteiger partial charge < -0.3 is 9.73 Å². The first-order valence-corrected chi connectivity index (χ1v) is 5.51. The molecular weight excluding hydrogens is 230 g/mol. The first-order valence-electron chi connectivity index (χ1n) is 5.51. The Labute approximate surface area is 103 Å². The van der Waals surface area contributed by atoms with Crippen LogP contribution in [0.3, 0.4) is 0 Å². The highest BCUT2D eigenvalue weighted by molar-refractivity contribution is 5.50. The van der Waals surface area contributed by atoms with Crippen molar-refractivity contribution in [2.45, 2.75) is 6.54 Å². The third-order valence-electron chi connectivity index (χ3n) is 2.51. The largest absolute Gasteiger partial charge is 0.467 e. The van der Waals surface area contributed by atoms with Crippen molar-refractivity contribution in [1.29, 1.82) is 0 Å². The van der Waals surface area contributed by atoms with Crippen LogP contribution in [0.25, 0.3) is 5.69 Å². The van der Waals surface area contributed by atoms with Crippen molar-refractivity contribution in [3.8, 4) is 5.69 Å². The molecule has 0 saturated carbocycles. The molecule has 0 bridgehead atoms. The van der Waals surface area contributed by atoms with Crippen LogP contribution in [0.4, 0.5) is 5.69 Å². The third kappa shape index (κ3) is 2.22. The Morgan fingerprint density at radius 2 is 2.22 bits per heavy atom. The number of furan rings is 1. The number of tetrazole rings is 1. The fourth-order valence-corrected chi connectivity index (χ4v) is 1.64. The van der Waals surface area contributed by atoms with E-state index in [1.165, 1.54) is 0 Å². The van der Waals surface area contributed by atoms with Gasteiger partial charge in [0.15, 0.2) is 0 Å². The maximum Gasteiger partial charge on any atom is 0.143 e. The van der Waals surface area contributed by atoms with E-state index < -0.39 is 0 Å². The smallest absolute Gasteiger partial charge is 0.143 e. The molecule has 3 aromatic rings. The molecule has 18 heavy (non-hydrogen) atoms. The minimum Gasteiger partial charge on any atom is -0.467 e. The van der Waals surface area contributed by atoms with E-state index >= 15 is 0 Å². The SMILES string of the molecule is c1cc(NCc2ccco2)cc(-n2cnnn2)c1. The van der Waals surface area contributed by atoms with Crippen LogP contribution in [0.2, 0.25) is 0 Å². The summed E-state index contributed by atoms with van der Waals surface area (Å²) >= 11 is 0. The molecule has 6 heteroatoms. The quantitative estimate of drug-likeness (QED) is 0.755. The fourth-order valence-electron chi connectivity index (χ4n) is 1.64. The zero-order valence-corrected chi connectivity index (χ0v) is 9.52. The second kappa shape index (κ2) is 4.70. The monoisotopic (exact) mass is 241 g/mol. The predicted molar refractivity (Wildman–Crippen MR) is 65.2 cm³/mol. The first kappa shape index (κ1) is 10.5. The number of nitrogens with one attached hydrogen (secondary N) is 1. The molecule has 2 heterocycles. The topological polar surface area (TPSA) is 68.8 Å². The van der Waals surface area contributed by atoms with Crippen LogP contribution in [0, 0.1) is 0 Å². The number of benzene rings is 1. The number of anilines is 1. The van der Waals surface area contributed by atoms with E-state index in [-0.39, 0.29) is 0 Å². The summed E-state index contributed by atoms with van der Waals surface area (Å²) in [4.78, 5) is 0. The lowest BCUT2D eigenvalue weighted by Crippen LogP contribution is -2.00. The Hall–Kier alpha value is -2.63. The van der Waals surface area contributed by atoms with Crippen LogP contribution in [-0.2, 0) is 6.54 Å². The highest BCUT2D eigenvalue weighted by Crippen LogP contribution is 2.14. The van der Waals surface area contributed by atoms with Crippen molar-refractivity contribution in [3.05, 3.63) is 54.7 Å². The van der Waals surface area contributed by atoms with Gasteiger partial charge in [-0.2, -0.15) is 0 Å². The van der Waals surface area contributed by atoms with Gasteiger partial charge in [0.2, 0.25) is 0 Å². The molecule has 1 N–H and O–H groups in total. The van der Waals surface area contributed by atoms with Crippen LogP contribution in [-0.4, -0.2) is 20.2 Å². The van der Waals surface area contributed by atoms with Crippen LogP contribution in [0.5, 0.6) is 0 Å². The maximum absolute atomic E-state index is 5.26. The summed E-state index contributed by atoms with van der Waals surface area (Å²) < 4.78 is 6.87. The minimum atomic E-state index is 0.645. The van der Waals surface area contributed by atoms with Gasteiger partial charge >= 0.3 is 0 Å². The summed E-state index contributed by atoms with van der Waals surface area (Å²) in [5.74, 6) is 0.892. The molecule has 2 aromatic heterocycles. The molecule has 0 aliphatic rings. The molecule has 90 valence electrons. The number of nitrogens with zero attached hydrogens (tertiary/aromatic N) is 4. The van der Waals surface area contributed by atoms with Gasteiger partial charge in [-0.1, -0.05) is 6.07 Å². The van der Waals surface area contributed by atoms with Gasteiger partial charge in [0.05, 0.1) is 18.5 Å². The summed E-state index contributed by atoms with van der Waals surface area (Å²) in [6, 6.07) is 11.6. The fraction of sp³-hybridized carbons (Fsp3) is 0.0833. The second-order valence-electron chi connectivity index (χ2n) is 3.74. The normalized spacial score (nSPS) is 10.4. The molecule has 6 nitrogen and oxygen atoms in total. The average molecular weight is 241 g/mol. The second-order valence-corrected chi connectivity index (χ2v) is 3.74. The van der Waals surface area contributed by atoms with Crippen molar-refractivity contribution >= 4 is 5.69 Å². The molecule has 1 aromatic carbocycles. The molecule has 0 spiro atoms. The van der Waals surface area contributed by atoms with Gasteiger partial charge in [-0.25, -0.2) is 4.68 Å². The van der Waals surface area contributed by atoms with Crippen LogP contribution in [0.1, 0.15) is 5.76 Å². The van der Waals surface area contributed by atoms with Crippen LogP contribution >= 0.6 is 0 Å². The van der Waals surface area contributed by atoms with Crippen molar-refractivity contribution in [3.63, 3.8) is 0 Å². The summed E-state index contributed by atoms with van der Waals surface area (Å²) in [5, 5.41) is 14.3. The van der Waals surface area contributed by atoms with E-state index in [9.17, 15) is 0 Å². The van der Waals surface area contributed by atoms with Gasteiger partial charge in [-0.15, -0.1) is 5.10 Å². The highest BCUT2D eigenvalue weighted by Gasteiger charge is 2.00. The molecule has 0 atom stereocenters. The van der Waals surface area contributed by atoms with Gasteiger partial charge in [0.25, 0.3) is 0 Å². The van der Waals surface area contributed by atoms with E-state index in [1.807, 2.05) is 36.4 Å². The molecule has 0 unspecified atom stereocenters. The predicted octanol–water partition coefficient (Wildman–Crippen LogP) is 1.87. The Bertz CT molecular complexity index is 603. The van der Waals surface area contributed by atoms with Gasteiger partial charge in [-0.05, 0) is 40.8 Å². The van der Waals surface area contributed by atoms with Gasteiger partial charge in [-0.3, -0.25) is 0 Å². The number of aromatic nitrogens is 4. The van der Waals surface area contributed by atoms with E-state index in [2.05, 4.69) is 20.8 Å². The molecular formula is C12H11N5O. The summed E-state index contributed by atoms with van der Waals surface area (Å²) in [7, 11) is 0. The van der Waals surface area contributed by atoms with E-state index in [1.54, 1.807) is 17.3 Å². The molecule has 0 aliphatic heterocycles. The zero-order chi connectivity index (χ0) is 12.2. The van der Waals surface area contributed by atoms with Gasteiger partial charge in [0.1, 0.15) is 12.1 Å². The van der Waals surface area contributed by atoms with Crippen LogP contribution in [0.15, 0.2) is 53.4 Å². The van der Waals surface area contributed by atoms with Crippen molar-refractivity contribution in [1.82, 2.24) is 20.2 Å². The molecule has 0 saturated heterocycles. The third-order valence-corrected chi connectivity index (χ3v) is 2.51. The molecule has 3 rings (SSSR count). The summed E-state index contributed by atoms with van der Waals surface area (Å²) in [5.41, 5.74) is 1.89. The lowest BCUT2D eigenvalue weighted by molar-refractivity contribution is 0.518. The Morgan fingerprint density at radius 3 is 3.00 bits per heavy atom.